The van der Waals surface area contributed by atoms with Gasteiger partial charge >= 0.3 is 11.9 Å². The van der Waals surface area contributed by atoms with Gasteiger partial charge in [-0.2, -0.15) is 0 Å². The number of cyclic esters (lactones) is 1. The lowest BCUT2D eigenvalue weighted by molar-refractivity contribution is -0.166. The van der Waals surface area contributed by atoms with Crippen molar-refractivity contribution < 1.29 is 19.1 Å². The second-order valence-electron chi connectivity index (χ2n) is 6.13. The maximum atomic E-state index is 12.6. The van der Waals surface area contributed by atoms with E-state index in [1.165, 1.54) is 11.3 Å². The van der Waals surface area contributed by atoms with Gasteiger partial charge in [0.05, 0.1) is 12.3 Å². The van der Waals surface area contributed by atoms with Crippen molar-refractivity contribution in [3.63, 3.8) is 0 Å². The zero-order chi connectivity index (χ0) is 17.1. The Balaban J connectivity index is 2.31. The molecular weight excluding hydrogens is 316 g/mol. The topological polar surface area (TPSA) is 91.5 Å². The number of rotatable bonds is 7. The summed E-state index contributed by atoms with van der Waals surface area (Å²) in [7, 11) is 0. The molecular formula is C16H24N2O4S. The molecule has 0 saturated carbocycles. The van der Waals surface area contributed by atoms with Crippen LogP contribution in [0.25, 0.3) is 0 Å². The molecule has 0 aliphatic carbocycles. The van der Waals surface area contributed by atoms with Gasteiger partial charge in [-0.25, -0.2) is 4.98 Å². The second kappa shape index (κ2) is 6.86. The Bertz CT molecular complexity index is 588. The van der Waals surface area contributed by atoms with E-state index in [1.54, 1.807) is 19.2 Å². The van der Waals surface area contributed by atoms with Crippen LogP contribution >= 0.6 is 11.3 Å². The van der Waals surface area contributed by atoms with Gasteiger partial charge in [0.1, 0.15) is 0 Å². The van der Waals surface area contributed by atoms with Gasteiger partial charge in [0.2, 0.25) is 0 Å². The zero-order valence-corrected chi connectivity index (χ0v) is 14.7. The first-order valence-corrected chi connectivity index (χ1v) is 8.88. The van der Waals surface area contributed by atoms with Crippen molar-refractivity contribution in [3.8, 4) is 0 Å². The summed E-state index contributed by atoms with van der Waals surface area (Å²) in [6, 6.07) is 0. The average Bonchev–Trinajstić information content (AvgIpc) is 3.03. The maximum absolute atomic E-state index is 12.6. The summed E-state index contributed by atoms with van der Waals surface area (Å²) in [4.78, 5) is 29.4. The fourth-order valence-corrected chi connectivity index (χ4v) is 3.74. The number of nitrogens with two attached hydrogens (primary N) is 1. The number of aromatic nitrogens is 1. The highest BCUT2D eigenvalue weighted by Gasteiger charge is 2.61. The molecule has 1 aromatic rings. The number of nitrogen functional groups attached to an aromatic ring is 1. The Kier molecular flexibility index (Phi) is 5.29. The first-order valence-electron chi connectivity index (χ1n) is 8.00. The molecule has 1 aliphatic rings. The van der Waals surface area contributed by atoms with Crippen LogP contribution in [0.3, 0.4) is 0 Å². The highest BCUT2D eigenvalue weighted by atomic mass is 32.1. The van der Waals surface area contributed by atoms with E-state index in [4.69, 9.17) is 15.2 Å². The van der Waals surface area contributed by atoms with Gasteiger partial charge < -0.3 is 15.2 Å². The Labute approximate surface area is 140 Å². The second-order valence-corrected chi connectivity index (χ2v) is 7.02. The first kappa shape index (κ1) is 17.7. The molecule has 2 atom stereocenters. The third-order valence-corrected chi connectivity index (χ3v) is 4.96. The van der Waals surface area contributed by atoms with Crippen molar-refractivity contribution in [1.82, 2.24) is 4.98 Å². The number of esters is 2. The molecule has 0 amide bonds. The predicted octanol–water partition coefficient (Wildman–Crippen LogP) is 3.02. The van der Waals surface area contributed by atoms with Gasteiger partial charge in [0, 0.05) is 11.8 Å². The molecule has 1 saturated heterocycles. The zero-order valence-electron chi connectivity index (χ0n) is 13.9. The molecule has 2 N–H and O–H groups in total. The van der Waals surface area contributed by atoms with Crippen LogP contribution < -0.4 is 5.73 Å². The number of unbranched alkanes of at least 4 members (excludes halogenated alkanes) is 2. The van der Waals surface area contributed by atoms with E-state index in [9.17, 15) is 9.59 Å². The third kappa shape index (κ3) is 3.34. The molecule has 6 nitrogen and oxygen atoms in total. The minimum absolute atomic E-state index is 0.238. The van der Waals surface area contributed by atoms with E-state index >= 15 is 0 Å². The number of hydrogen-bond donors (Lipinski definition) is 1. The molecule has 23 heavy (non-hydrogen) atoms. The number of hydrogen-bond acceptors (Lipinski definition) is 7. The predicted molar refractivity (Wildman–Crippen MR) is 87.8 cm³/mol. The van der Waals surface area contributed by atoms with Crippen molar-refractivity contribution in [2.75, 3.05) is 12.3 Å². The van der Waals surface area contributed by atoms with Gasteiger partial charge in [-0.3, -0.25) is 9.59 Å². The lowest BCUT2D eigenvalue weighted by Crippen LogP contribution is -2.38. The quantitative estimate of drug-likeness (QED) is 0.466. The molecule has 128 valence electrons. The first-order chi connectivity index (χ1) is 10.9. The lowest BCUT2D eigenvalue weighted by atomic mass is 9.76. The van der Waals surface area contributed by atoms with Crippen LogP contribution in [0.15, 0.2) is 5.38 Å². The Hall–Kier alpha value is -1.63. The largest absolute Gasteiger partial charge is 0.465 e. The number of thiazole rings is 1. The summed E-state index contributed by atoms with van der Waals surface area (Å²) in [5.41, 5.74) is 4.10. The van der Waals surface area contributed by atoms with E-state index in [1.807, 2.05) is 0 Å². The average molecular weight is 340 g/mol. The van der Waals surface area contributed by atoms with Crippen LogP contribution in [-0.2, 0) is 24.7 Å². The summed E-state index contributed by atoms with van der Waals surface area (Å²) >= 11 is 1.29. The molecule has 1 aliphatic heterocycles. The normalized spacial score (nSPS) is 27.0. The molecule has 7 heteroatoms. The Morgan fingerprint density at radius 3 is 2.78 bits per heavy atom. The molecule has 2 heterocycles. The number of carbonyl (C=O) groups is 2. The van der Waals surface area contributed by atoms with Crippen LogP contribution in [0.1, 0.15) is 58.6 Å². The highest BCUT2D eigenvalue weighted by molar-refractivity contribution is 7.13. The summed E-state index contributed by atoms with van der Waals surface area (Å²) in [6.07, 6.45) is 3.42. The minimum Gasteiger partial charge on any atom is -0.465 e. The van der Waals surface area contributed by atoms with Crippen molar-refractivity contribution in [2.45, 2.75) is 58.5 Å². The van der Waals surface area contributed by atoms with Crippen molar-refractivity contribution in [2.24, 2.45) is 5.41 Å². The van der Waals surface area contributed by atoms with Crippen molar-refractivity contribution in [3.05, 3.63) is 11.1 Å². The van der Waals surface area contributed by atoms with Crippen LogP contribution in [-0.4, -0.2) is 23.5 Å². The van der Waals surface area contributed by atoms with E-state index in [2.05, 4.69) is 11.9 Å². The van der Waals surface area contributed by atoms with E-state index < -0.39 is 23.0 Å². The van der Waals surface area contributed by atoms with Crippen LogP contribution in [0.2, 0.25) is 0 Å². The molecule has 1 aromatic heterocycles. The van der Waals surface area contributed by atoms with Crippen LogP contribution in [0.5, 0.6) is 0 Å². The SMILES string of the molecule is CCCCC[C@]1(C(=O)OCC)C[C@](C)(c2csc(N)n2)OC1=O. The molecule has 2 rings (SSSR count). The molecule has 0 spiro atoms. The smallest absolute Gasteiger partial charge is 0.324 e. The molecule has 0 aromatic carbocycles. The lowest BCUT2D eigenvalue weighted by Gasteiger charge is -2.24. The van der Waals surface area contributed by atoms with Gasteiger partial charge in [-0.05, 0) is 20.3 Å². The Morgan fingerprint density at radius 2 is 2.22 bits per heavy atom. The fraction of sp³-hybridized carbons (Fsp3) is 0.688. The third-order valence-electron chi connectivity index (χ3n) is 4.28. The Morgan fingerprint density at radius 1 is 1.48 bits per heavy atom. The molecule has 0 bridgehead atoms. The fourth-order valence-electron chi connectivity index (χ4n) is 3.05. The van der Waals surface area contributed by atoms with E-state index in [-0.39, 0.29) is 13.0 Å². The molecule has 0 radical (unpaired) electrons. The van der Waals surface area contributed by atoms with Crippen LogP contribution in [0.4, 0.5) is 5.13 Å². The van der Waals surface area contributed by atoms with Gasteiger partial charge in [0.25, 0.3) is 0 Å². The number of nitrogens with zero attached hydrogens (tertiary/aromatic N) is 1. The van der Waals surface area contributed by atoms with E-state index in [0.29, 0.717) is 17.2 Å². The summed E-state index contributed by atoms with van der Waals surface area (Å²) < 4.78 is 10.8. The van der Waals surface area contributed by atoms with Gasteiger partial charge in [-0.1, -0.05) is 26.2 Å². The maximum Gasteiger partial charge on any atom is 0.324 e. The van der Waals surface area contributed by atoms with Gasteiger partial charge in [-0.15, -0.1) is 11.3 Å². The monoisotopic (exact) mass is 340 g/mol. The van der Waals surface area contributed by atoms with E-state index in [0.717, 1.165) is 19.3 Å². The number of anilines is 1. The van der Waals surface area contributed by atoms with Gasteiger partial charge in [0.15, 0.2) is 16.1 Å². The summed E-state index contributed by atoms with van der Waals surface area (Å²) in [5.74, 6) is -1.01. The number of carbonyl (C=O) groups excluding carboxylic acids is 2. The molecule has 1 fully saturated rings. The molecule has 0 unspecified atom stereocenters. The number of ether oxygens (including phenoxy) is 2. The van der Waals surface area contributed by atoms with Crippen molar-refractivity contribution in [1.29, 1.82) is 0 Å². The van der Waals surface area contributed by atoms with Crippen LogP contribution in [0, 0.1) is 5.41 Å². The highest BCUT2D eigenvalue weighted by Crippen LogP contribution is 2.50. The standard InChI is InChI=1S/C16H24N2O4S/c1-4-6-7-8-16(12(19)21-5-2)10-15(3,22-13(16)20)11-9-23-14(17)18-11/h9H,4-8,10H2,1-3H3,(H2,17,18)/t15-,16-/m1/s1. The summed E-state index contributed by atoms with van der Waals surface area (Å²) in [6.45, 7) is 5.83. The summed E-state index contributed by atoms with van der Waals surface area (Å²) in [5, 5.41) is 2.19. The minimum atomic E-state index is -1.24. The van der Waals surface area contributed by atoms with Crippen molar-refractivity contribution >= 4 is 28.4 Å².